The van der Waals surface area contributed by atoms with Gasteiger partial charge < -0.3 is 20.2 Å². The zero-order chi connectivity index (χ0) is 14.2. The number of hydrogen-bond donors (Lipinski definition) is 2. The Kier molecular flexibility index (Phi) is 4.10. The molecular weight excluding hydrogens is 246 g/mol. The average molecular weight is 269 g/mol. The van der Waals surface area contributed by atoms with E-state index in [1.807, 2.05) is 18.9 Å². The second-order valence-corrected chi connectivity index (χ2v) is 5.72. The maximum absolute atomic E-state index is 12.4. The third-order valence-electron chi connectivity index (χ3n) is 4.26. The lowest BCUT2D eigenvalue weighted by molar-refractivity contribution is -0.149. The van der Waals surface area contributed by atoms with Gasteiger partial charge in [0.05, 0.1) is 24.0 Å². The highest BCUT2D eigenvalue weighted by molar-refractivity contribution is 5.90. The summed E-state index contributed by atoms with van der Waals surface area (Å²) in [5.41, 5.74) is 0. The molecule has 6 heteroatoms. The fourth-order valence-electron chi connectivity index (χ4n) is 2.84. The van der Waals surface area contributed by atoms with E-state index in [0.29, 0.717) is 0 Å². The molecule has 1 unspecified atom stereocenters. The lowest BCUT2D eigenvalue weighted by Gasteiger charge is -2.43. The standard InChI is InChI=1S/C13H23N3O3/c1-8(11-10(9(2)17)12(18)14-11)13(19)16-6-4-15(3)5-7-16/h8-11,17H,4-7H2,1-3H3,(H,14,18)/t8?,9-,10-,11-/m1/s1. The molecule has 0 spiro atoms. The van der Waals surface area contributed by atoms with E-state index in [2.05, 4.69) is 10.2 Å². The SMILES string of the molecule is CC(C(=O)N1CCN(C)CC1)[C@H]1NC(=O)[C@@H]1[C@@H](C)O. The Hall–Kier alpha value is -1.14. The van der Waals surface area contributed by atoms with Crippen LogP contribution in [0, 0.1) is 11.8 Å². The smallest absolute Gasteiger partial charge is 0.228 e. The molecule has 2 rings (SSSR count). The van der Waals surface area contributed by atoms with Gasteiger partial charge in [-0.25, -0.2) is 0 Å². The maximum Gasteiger partial charge on any atom is 0.228 e. The molecule has 0 aromatic carbocycles. The molecular formula is C13H23N3O3. The molecule has 108 valence electrons. The quantitative estimate of drug-likeness (QED) is 0.637. The Balaban J connectivity index is 1.94. The molecule has 2 N–H and O–H groups in total. The molecule has 6 nitrogen and oxygen atoms in total. The third-order valence-corrected chi connectivity index (χ3v) is 4.26. The van der Waals surface area contributed by atoms with E-state index in [1.165, 1.54) is 0 Å². The van der Waals surface area contributed by atoms with E-state index in [-0.39, 0.29) is 23.8 Å². The summed E-state index contributed by atoms with van der Waals surface area (Å²) in [6.45, 7) is 6.67. The number of nitrogens with one attached hydrogen (secondary N) is 1. The van der Waals surface area contributed by atoms with Gasteiger partial charge >= 0.3 is 0 Å². The number of carbonyl (C=O) groups excluding carboxylic acids is 2. The van der Waals surface area contributed by atoms with Crippen molar-refractivity contribution in [3.05, 3.63) is 0 Å². The van der Waals surface area contributed by atoms with Crippen molar-refractivity contribution in [1.82, 2.24) is 15.1 Å². The number of hydrogen-bond acceptors (Lipinski definition) is 4. The fraction of sp³-hybridized carbons (Fsp3) is 0.846. The Bertz CT molecular complexity index is 364. The molecule has 0 radical (unpaired) electrons. The molecule has 0 aromatic rings. The molecule has 0 bridgehead atoms. The van der Waals surface area contributed by atoms with E-state index in [4.69, 9.17) is 0 Å². The monoisotopic (exact) mass is 269 g/mol. The molecule has 2 aliphatic rings. The lowest BCUT2D eigenvalue weighted by atomic mass is 9.78. The maximum atomic E-state index is 12.4. The van der Waals surface area contributed by atoms with Gasteiger partial charge in [0.1, 0.15) is 0 Å². The zero-order valence-corrected chi connectivity index (χ0v) is 11.8. The lowest BCUT2D eigenvalue weighted by Crippen LogP contribution is -2.66. The van der Waals surface area contributed by atoms with Crippen molar-refractivity contribution in [2.45, 2.75) is 26.0 Å². The normalized spacial score (nSPS) is 31.4. The highest BCUT2D eigenvalue weighted by Crippen LogP contribution is 2.26. The molecule has 2 saturated heterocycles. The summed E-state index contributed by atoms with van der Waals surface area (Å²) in [5, 5.41) is 12.3. The van der Waals surface area contributed by atoms with Crippen LogP contribution >= 0.6 is 0 Å². The van der Waals surface area contributed by atoms with Crippen LogP contribution in [0.5, 0.6) is 0 Å². The minimum Gasteiger partial charge on any atom is -0.393 e. The Morgan fingerprint density at radius 2 is 1.89 bits per heavy atom. The summed E-state index contributed by atoms with van der Waals surface area (Å²) >= 11 is 0. The van der Waals surface area contributed by atoms with Gasteiger partial charge in [0.2, 0.25) is 11.8 Å². The van der Waals surface area contributed by atoms with Gasteiger partial charge in [-0.15, -0.1) is 0 Å². The molecule has 2 heterocycles. The number of aliphatic hydroxyl groups excluding tert-OH is 1. The molecule has 2 fully saturated rings. The fourth-order valence-corrected chi connectivity index (χ4v) is 2.84. The minimum atomic E-state index is -0.707. The minimum absolute atomic E-state index is 0.0729. The molecule has 0 aliphatic carbocycles. The Labute approximate surface area is 113 Å². The summed E-state index contributed by atoms with van der Waals surface area (Å²) in [7, 11) is 2.04. The molecule has 19 heavy (non-hydrogen) atoms. The van der Waals surface area contributed by atoms with Crippen LogP contribution in [0.25, 0.3) is 0 Å². The number of piperazine rings is 1. The average Bonchev–Trinajstić information content (AvgIpc) is 2.34. The van der Waals surface area contributed by atoms with Crippen molar-refractivity contribution in [3.63, 3.8) is 0 Å². The van der Waals surface area contributed by atoms with Crippen LogP contribution in [0.3, 0.4) is 0 Å². The van der Waals surface area contributed by atoms with Crippen LogP contribution < -0.4 is 5.32 Å². The third kappa shape index (κ3) is 2.74. The van der Waals surface area contributed by atoms with Gasteiger partial charge in [0.15, 0.2) is 0 Å². The molecule has 2 aliphatic heterocycles. The Morgan fingerprint density at radius 3 is 2.37 bits per heavy atom. The van der Waals surface area contributed by atoms with E-state index in [1.54, 1.807) is 6.92 Å². The van der Waals surface area contributed by atoms with Crippen molar-refractivity contribution >= 4 is 11.8 Å². The number of β-lactam (4-membered cyclic amide) rings is 1. The predicted molar refractivity (Wildman–Crippen MR) is 70.3 cm³/mol. The second-order valence-electron chi connectivity index (χ2n) is 5.72. The topological polar surface area (TPSA) is 72.9 Å². The zero-order valence-electron chi connectivity index (χ0n) is 11.8. The molecule has 4 atom stereocenters. The van der Waals surface area contributed by atoms with Crippen LogP contribution in [0.2, 0.25) is 0 Å². The highest BCUT2D eigenvalue weighted by Gasteiger charge is 2.47. The largest absolute Gasteiger partial charge is 0.393 e. The first-order valence-electron chi connectivity index (χ1n) is 6.87. The molecule has 2 amide bonds. The van der Waals surface area contributed by atoms with Gasteiger partial charge in [-0.2, -0.15) is 0 Å². The summed E-state index contributed by atoms with van der Waals surface area (Å²) < 4.78 is 0. The van der Waals surface area contributed by atoms with E-state index >= 15 is 0 Å². The number of aliphatic hydroxyl groups is 1. The van der Waals surface area contributed by atoms with Crippen LogP contribution in [-0.2, 0) is 9.59 Å². The van der Waals surface area contributed by atoms with Crippen LogP contribution in [0.15, 0.2) is 0 Å². The van der Waals surface area contributed by atoms with Crippen molar-refractivity contribution in [2.75, 3.05) is 33.2 Å². The van der Waals surface area contributed by atoms with E-state index in [9.17, 15) is 14.7 Å². The van der Waals surface area contributed by atoms with Crippen molar-refractivity contribution in [2.24, 2.45) is 11.8 Å². The summed E-state index contributed by atoms with van der Waals surface area (Å²) in [6.07, 6.45) is -0.707. The first-order valence-corrected chi connectivity index (χ1v) is 6.87. The van der Waals surface area contributed by atoms with Gasteiger partial charge in [0, 0.05) is 26.2 Å². The second kappa shape index (κ2) is 5.46. The number of nitrogens with zero attached hydrogens (tertiary/aromatic N) is 2. The van der Waals surface area contributed by atoms with Gasteiger partial charge in [-0.05, 0) is 14.0 Å². The number of amides is 2. The summed E-state index contributed by atoms with van der Waals surface area (Å²) in [4.78, 5) is 27.9. The Morgan fingerprint density at radius 1 is 1.32 bits per heavy atom. The van der Waals surface area contributed by atoms with Crippen molar-refractivity contribution in [1.29, 1.82) is 0 Å². The van der Waals surface area contributed by atoms with Gasteiger partial charge in [-0.3, -0.25) is 9.59 Å². The van der Waals surface area contributed by atoms with Crippen molar-refractivity contribution in [3.8, 4) is 0 Å². The molecule has 0 saturated carbocycles. The first-order chi connectivity index (χ1) is 8.91. The number of likely N-dealkylation sites (N-methyl/N-ethyl adjacent to an activating group) is 1. The predicted octanol–water partition coefficient (Wildman–Crippen LogP) is -1.11. The van der Waals surface area contributed by atoms with Crippen molar-refractivity contribution < 1.29 is 14.7 Å². The summed E-state index contributed by atoms with van der Waals surface area (Å²) in [6, 6.07) is -0.236. The highest BCUT2D eigenvalue weighted by atomic mass is 16.3. The van der Waals surface area contributed by atoms with E-state index in [0.717, 1.165) is 26.2 Å². The van der Waals surface area contributed by atoms with Crippen LogP contribution in [0.4, 0.5) is 0 Å². The number of carbonyl (C=O) groups is 2. The van der Waals surface area contributed by atoms with E-state index < -0.39 is 12.0 Å². The van der Waals surface area contributed by atoms with Crippen LogP contribution in [0.1, 0.15) is 13.8 Å². The first kappa shape index (κ1) is 14.3. The van der Waals surface area contributed by atoms with Crippen LogP contribution in [-0.4, -0.2) is 72.1 Å². The van der Waals surface area contributed by atoms with Gasteiger partial charge in [-0.1, -0.05) is 6.92 Å². The van der Waals surface area contributed by atoms with Gasteiger partial charge in [0.25, 0.3) is 0 Å². The number of rotatable bonds is 3. The summed E-state index contributed by atoms with van der Waals surface area (Å²) in [5.74, 6) is -0.811. The molecule has 0 aromatic heterocycles.